The highest BCUT2D eigenvalue weighted by Crippen LogP contribution is 2.50. The molecule has 2 N–H and O–H groups in total. The molecule has 1 amide bonds. The molecule has 53 heavy (non-hydrogen) atoms. The zero-order chi connectivity index (χ0) is 39.6. The van der Waals surface area contributed by atoms with E-state index in [0.29, 0.717) is 35.0 Å². The minimum Gasteiger partial charge on any atom is -0.495 e. The number of allylic oxidation sites excluding steroid dienone is 4. The second kappa shape index (κ2) is 16.7. The van der Waals surface area contributed by atoms with Crippen molar-refractivity contribution in [3.63, 3.8) is 0 Å². The Bertz CT molecular complexity index is 1630. The van der Waals surface area contributed by atoms with Crippen molar-refractivity contribution in [3.05, 3.63) is 71.1 Å². The van der Waals surface area contributed by atoms with E-state index < -0.39 is 59.8 Å². The third-order valence-corrected chi connectivity index (χ3v) is 11.4. The summed E-state index contributed by atoms with van der Waals surface area (Å²) in [6.07, 6.45) is 3.94. The fraction of sp³-hybridized carbons (Fsp3) is 0.600. The van der Waals surface area contributed by atoms with Gasteiger partial charge in [-0.1, -0.05) is 69.3 Å². The van der Waals surface area contributed by atoms with Crippen LogP contribution >= 0.6 is 24.2 Å². The number of carbonyl (C=O) groups excluding carboxylic acids is 2. The number of nitrogens with zero attached hydrogens (tertiary/aromatic N) is 2. The zero-order valence-electron chi connectivity index (χ0n) is 32.8. The van der Waals surface area contributed by atoms with Gasteiger partial charge in [0, 0.05) is 56.1 Å². The number of halogens is 1. The molecule has 1 aromatic rings. The number of carbonyl (C=O) groups is 2. The Hall–Kier alpha value is -3.16. The quantitative estimate of drug-likeness (QED) is 0.138. The molecule has 3 heterocycles. The summed E-state index contributed by atoms with van der Waals surface area (Å²) in [4.78, 5) is 30.5. The largest absolute Gasteiger partial charge is 0.495 e. The number of methoxy groups -OCH3 is 2. The molecule has 7 unspecified atom stereocenters. The average molecular weight is 776 g/mol. The third-order valence-electron chi connectivity index (χ3n) is 10.8. The Morgan fingerprint density at radius 1 is 1.32 bits per heavy atom. The predicted octanol–water partition coefficient (Wildman–Crippen LogP) is 6.98. The number of thiol groups is 1. The minimum atomic E-state index is -1.76. The zero-order valence-corrected chi connectivity index (χ0v) is 34.5. The molecule has 0 aromatic heterocycles. The van der Waals surface area contributed by atoms with Crippen molar-refractivity contribution in [3.8, 4) is 5.75 Å². The van der Waals surface area contributed by atoms with E-state index in [1.165, 1.54) is 7.11 Å². The van der Waals surface area contributed by atoms with Gasteiger partial charge in [-0.05, 0) is 57.7 Å². The molecule has 1 aromatic carbocycles. The lowest BCUT2D eigenvalue weighted by Crippen LogP contribution is -2.63. The van der Waals surface area contributed by atoms with Crippen LogP contribution in [0.1, 0.15) is 72.8 Å². The Labute approximate surface area is 325 Å². The van der Waals surface area contributed by atoms with Crippen molar-refractivity contribution in [1.82, 2.24) is 10.2 Å². The summed E-state index contributed by atoms with van der Waals surface area (Å²) < 4.78 is 29.7. The maximum absolute atomic E-state index is 13.9. The van der Waals surface area contributed by atoms with E-state index in [1.807, 2.05) is 76.7 Å². The molecule has 3 aliphatic heterocycles. The molecule has 0 aliphatic carbocycles. The summed E-state index contributed by atoms with van der Waals surface area (Å²) in [5.41, 5.74) is 1.28. The normalized spacial score (nSPS) is 31.5. The van der Waals surface area contributed by atoms with Crippen molar-refractivity contribution in [1.29, 1.82) is 0 Å². The molecule has 2 fully saturated rings. The van der Waals surface area contributed by atoms with Crippen LogP contribution in [-0.2, 0) is 30.2 Å². The Balaban J connectivity index is 1.74. The molecule has 294 valence electrons. The lowest BCUT2D eigenvalue weighted by atomic mass is 9.83. The number of alkyl carbamates (subject to hydrolysis) is 1. The topological polar surface area (TPSA) is 122 Å². The van der Waals surface area contributed by atoms with E-state index in [-0.39, 0.29) is 17.6 Å². The van der Waals surface area contributed by atoms with Gasteiger partial charge >= 0.3 is 12.1 Å². The van der Waals surface area contributed by atoms with Crippen LogP contribution in [0.3, 0.4) is 0 Å². The fourth-order valence-electron chi connectivity index (χ4n) is 6.99. The number of benzene rings is 1. The smallest absolute Gasteiger partial charge is 0.409 e. The summed E-state index contributed by atoms with van der Waals surface area (Å²) in [6, 6.07) is 3.22. The van der Waals surface area contributed by atoms with Crippen LogP contribution < -0.4 is 15.0 Å². The standard InChI is InChI=1S/C40H58ClN3O8S/c1-23-14-13-15-32(49-12)40(47)22-31(50-37(46)42-40)26(4)35-39(8,52-35)33(51-36(45)27(5)43(9)24(2)16-17-38(6,7)53)19-25(3)44(10)29-20-28(18-23)21-30(48-11)34(29)41/h13-15,20-21,26-27,31-33,35,47,53H,2-3,16-19,22H2,1,4-12H3,(H,42,46)/b15-13+,23-14+/t26?,27-,31?,32?,33?,35?,39?,40?/m0/s1. The van der Waals surface area contributed by atoms with E-state index in [2.05, 4.69) is 31.1 Å². The van der Waals surface area contributed by atoms with E-state index >= 15 is 0 Å². The average Bonchev–Trinajstić information content (AvgIpc) is 3.78. The number of epoxide rings is 1. The first-order valence-corrected chi connectivity index (χ1v) is 18.8. The van der Waals surface area contributed by atoms with Crippen LogP contribution in [0.4, 0.5) is 10.5 Å². The van der Waals surface area contributed by atoms with Crippen molar-refractivity contribution < 1.29 is 38.4 Å². The molecule has 4 rings (SSSR count). The monoisotopic (exact) mass is 775 g/mol. The fourth-order valence-corrected chi connectivity index (χ4v) is 7.42. The number of likely N-dealkylation sites (N-methyl/N-ethyl adjacent to an activating group) is 1. The van der Waals surface area contributed by atoms with Crippen molar-refractivity contribution in [2.75, 3.05) is 33.2 Å². The number of aliphatic hydroxyl groups is 1. The number of anilines is 1. The van der Waals surface area contributed by atoms with Gasteiger partial charge in [0.15, 0.2) is 5.72 Å². The lowest BCUT2D eigenvalue weighted by molar-refractivity contribution is -0.157. The molecule has 0 spiro atoms. The Kier molecular flexibility index (Phi) is 13.4. The van der Waals surface area contributed by atoms with E-state index in [1.54, 1.807) is 26.2 Å². The minimum absolute atomic E-state index is 0.0262. The highest BCUT2D eigenvalue weighted by molar-refractivity contribution is 7.81. The summed E-state index contributed by atoms with van der Waals surface area (Å²) in [5, 5.41) is 14.8. The molecule has 11 nitrogen and oxygen atoms in total. The molecule has 2 saturated heterocycles. The van der Waals surface area contributed by atoms with Crippen molar-refractivity contribution >= 4 is 42.0 Å². The van der Waals surface area contributed by atoms with Gasteiger partial charge in [-0.15, -0.1) is 0 Å². The first-order chi connectivity index (χ1) is 24.6. The van der Waals surface area contributed by atoms with Gasteiger partial charge in [0.05, 0.1) is 18.9 Å². The second-order valence-electron chi connectivity index (χ2n) is 15.6. The molecule has 13 heteroatoms. The molecular formula is C40H58ClN3O8S. The van der Waals surface area contributed by atoms with E-state index in [0.717, 1.165) is 23.3 Å². The maximum atomic E-state index is 13.9. The first kappa shape index (κ1) is 42.6. The van der Waals surface area contributed by atoms with Gasteiger partial charge in [-0.2, -0.15) is 12.6 Å². The third kappa shape index (κ3) is 9.94. The SMILES string of the molecule is C=C1CC(OC(=O)[C@H](C)N(C)C(=C)CCC(C)(C)S)C2(C)OC2C(C)C2CC(O)(NC(=O)O2)C(OC)/C=C/C=C(\C)Cc2cc(OC)c(Cl)c(c2)N1C. The predicted molar refractivity (Wildman–Crippen MR) is 212 cm³/mol. The van der Waals surface area contributed by atoms with Gasteiger partial charge in [-0.25, -0.2) is 9.59 Å². The van der Waals surface area contributed by atoms with Gasteiger partial charge in [-0.3, -0.25) is 5.32 Å². The number of rotatable bonds is 9. The van der Waals surface area contributed by atoms with Crippen LogP contribution in [0.2, 0.25) is 5.02 Å². The number of fused-ring (bicyclic) bond motifs is 5. The number of hydrogen-bond donors (Lipinski definition) is 3. The number of hydrogen-bond acceptors (Lipinski definition) is 11. The Morgan fingerprint density at radius 2 is 2.00 bits per heavy atom. The molecule has 8 atom stereocenters. The highest BCUT2D eigenvalue weighted by Gasteiger charge is 2.64. The number of nitrogens with one attached hydrogen (secondary N) is 1. The van der Waals surface area contributed by atoms with Crippen LogP contribution in [0.25, 0.3) is 0 Å². The summed E-state index contributed by atoms with van der Waals surface area (Å²) >= 11 is 11.5. The Morgan fingerprint density at radius 3 is 2.62 bits per heavy atom. The molecule has 3 aliphatic rings. The second-order valence-corrected chi connectivity index (χ2v) is 17.1. The maximum Gasteiger partial charge on any atom is 0.409 e. The number of ether oxygens (including phenoxy) is 5. The number of amides is 1. The van der Waals surface area contributed by atoms with E-state index in [4.69, 9.17) is 35.3 Å². The van der Waals surface area contributed by atoms with Gasteiger partial charge in [0.25, 0.3) is 0 Å². The number of esters is 1. The summed E-state index contributed by atoms with van der Waals surface area (Å²) in [5.74, 6) is -0.358. The van der Waals surface area contributed by atoms with Gasteiger partial charge in [0.2, 0.25) is 0 Å². The van der Waals surface area contributed by atoms with Crippen LogP contribution in [0.15, 0.2) is 60.5 Å². The summed E-state index contributed by atoms with van der Waals surface area (Å²) in [6.45, 7) is 20.2. The molecule has 4 bridgehead atoms. The lowest BCUT2D eigenvalue weighted by Gasteiger charge is -2.42. The van der Waals surface area contributed by atoms with Gasteiger partial charge in [0.1, 0.15) is 40.7 Å². The highest BCUT2D eigenvalue weighted by atomic mass is 35.5. The van der Waals surface area contributed by atoms with Crippen LogP contribution in [0.5, 0.6) is 5.75 Å². The van der Waals surface area contributed by atoms with Crippen LogP contribution in [-0.4, -0.2) is 96.9 Å². The van der Waals surface area contributed by atoms with E-state index in [9.17, 15) is 14.7 Å². The molecular weight excluding hydrogens is 718 g/mol. The van der Waals surface area contributed by atoms with Crippen molar-refractivity contribution in [2.24, 2.45) is 5.92 Å². The van der Waals surface area contributed by atoms with Crippen LogP contribution in [0, 0.1) is 5.92 Å². The molecule has 0 saturated carbocycles. The molecule has 0 radical (unpaired) electrons. The first-order valence-electron chi connectivity index (χ1n) is 18.0. The van der Waals surface area contributed by atoms with Crippen molar-refractivity contribution in [2.45, 2.75) is 120 Å². The van der Waals surface area contributed by atoms with Gasteiger partial charge < -0.3 is 38.6 Å². The summed E-state index contributed by atoms with van der Waals surface area (Å²) in [7, 11) is 6.73.